The Morgan fingerprint density at radius 3 is 2.69 bits per heavy atom. The minimum absolute atomic E-state index is 0.0625. The van der Waals surface area contributed by atoms with Crippen LogP contribution in [0.2, 0.25) is 0 Å². The number of halogens is 1. The molecule has 1 amide bonds. The lowest BCUT2D eigenvalue weighted by atomic mass is 10.2. The summed E-state index contributed by atoms with van der Waals surface area (Å²) in [5.41, 5.74) is 0.787. The summed E-state index contributed by atoms with van der Waals surface area (Å²) in [6.45, 7) is 0. The molecule has 1 N–H and O–H groups in total. The van der Waals surface area contributed by atoms with Crippen LogP contribution in [-0.4, -0.2) is 11.9 Å². The molecule has 1 aromatic carbocycles. The number of rotatable bonds is 2. The standard InChI is InChI=1S/C10H10INO/c11-9-4-2-1-3-8(9)10(13)12-7-5-6-7/h1-4,7H,5-6H2,(H,12,13). The Balaban J connectivity index is 2.13. The van der Waals surface area contributed by atoms with E-state index in [4.69, 9.17) is 0 Å². The normalized spacial score (nSPS) is 15.5. The molecule has 1 aliphatic carbocycles. The molecule has 0 radical (unpaired) electrons. The number of benzene rings is 1. The van der Waals surface area contributed by atoms with Gasteiger partial charge in [0.15, 0.2) is 0 Å². The zero-order valence-corrected chi connectivity index (χ0v) is 9.24. The molecule has 0 heterocycles. The fourth-order valence-corrected chi connectivity index (χ4v) is 1.77. The van der Waals surface area contributed by atoms with Crippen LogP contribution in [0.15, 0.2) is 24.3 Å². The van der Waals surface area contributed by atoms with Crippen molar-refractivity contribution >= 4 is 28.5 Å². The molecule has 0 atom stereocenters. The van der Waals surface area contributed by atoms with Crippen LogP contribution in [0, 0.1) is 3.57 Å². The Labute approximate surface area is 90.9 Å². The molecule has 1 aliphatic rings. The van der Waals surface area contributed by atoms with Gasteiger partial charge < -0.3 is 5.32 Å². The van der Waals surface area contributed by atoms with Crippen LogP contribution in [-0.2, 0) is 0 Å². The van der Waals surface area contributed by atoms with Crippen LogP contribution >= 0.6 is 22.6 Å². The van der Waals surface area contributed by atoms with Gasteiger partial charge in [0.1, 0.15) is 0 Å². The van der Waals surface area contributed by atoms with Crippen molar-refractivity contribution < 1.29 is 4.79 Å². The largest absolute Gasteiger partial charge is 0.349 e. The smallest absolute Gasteiger partial charge is 0.252 e. The van der Waals surface area contributed by atoms with Gasteiger partial charge in [-0.15, -0.1) is 0 Å². The monoisotopic (exact) mass is 287 g/mol. The van der Waals surface area contributed by atoms with Gasteiger partial charge in [-0.05, 0) is 47.6 Å². The predicted molar refractivity (Wildman–Crippen MR) is 59.6 cm³/mol. The lowest BCUT2D eigenvalue weighted by Gasteiger charge is -2.04. The average molecular weight is 287 g/mol. The molecule has 0 bridgehead atoms. The molecule has 2 nitrogen and oxygen atoms in total. The van der Waals surface area contributed by atoms with Gasteiger partial charge in [0.25, 0.3) is 5.91 Å². The van der Waals surface area contributed by atoms with Crippen LogP contribution < -0.4 is 5.32 Å². The second-order valence-electron chi connectivity index (χ2n) is 3.23. The highest BCUT2D eigenvalue weighted by atomic mass is 127. The van der Waals surface area contributed by atoms with E-state index in [9.17, 15) is 4.79 Å². The van der Waals surface area contributed by atoms with Gasteiger partial charge in [-0.3, -0.25) is 4.79 Å². The Hall–Kier alpha value is -0.580. The summed E-state index contributed by atoms with van der Waals surface area (Å²) < 4.78 is 1.01. The van der Waals surface area contributed by atoms with E-state index in [1.165, 1.54) is 0 Å². The molecule has 0 aromatic heterocycles. The molecule has 1 saturated carbocycles. The summed E-state index contributed by atoms with van der Waals surface area (Å²) in [4.78, 5) is 11.6. The number of carbonyl (C=O) groups is 1. The number of nitrogens with one attached hydrogen (secondary N) is 1. The summed E-state index contributed by atoms with van der Waals surface area (Å²) in [5.74, 6) is 0.0625. The van der Waals surface area contributed by atoms with Crippen molar-refractivity contribution in [1.29, 1.82) is 0 Å². The van der Waals surface area contributed by atoms with E-state index in [1.54, 1.807) is 0 Å². The van der Waals surface area contributed by atoms with E-state index in [0.717, 1.165) is 22.0 Å². The van der Waals surface area contributed by atoms with Crippen LogP contribution in [0.1, 0.15) is 23.2 Å². The minimum Gasteiger partial charge on any atom is -0.349 e. The maximum absolute atomic E-state index is 11.6. The van der Waals surface area contributed by atoms with Gasteiger partial charge in [-0.25, -0.2) is 0 Å². The Kier molecular flexibility index (Phi) is 2.53. The predicted octanol–water partition coefficient (Wildman–Crippen LogP) is 2.18. The molecular formula is C10H10INO. The van der Waals surface area contributed by atoms with E-state index < -0.39 is 0 Å². The SMILES string of the molecule is O=C(NC1CC1)c1ccccc1I. The van der Waals surface area contributed by atoms with Crippen LogP contribution in [0.5, 0.6) is 0 Å². The summed E-state index contributed by atoms with van der Waals surface area (Å²) in [5, 5.41) is 2.97. The Bertz CT molecular complexity index is 333. The minimum atomic E-state index is 0.0625. The first kappa shape index (κ1) is 8.99. The molecule has 1 fully saturated rings. The van der Waals surface area contributed by atoms with Crippen LogP contribution in [0.3, 0.4) is 0 Å². The van der Waals surface area contributed by atoms with Gasteiger partial charge >= 0.3 is 0 Å². The van der Waals surface area contributed by atoms with Gasteiger partial charge in [0.05, 0.1) is 5.56 Å². The zero-order valence-electron chi connectivity index (χ0n) is 7.09. The van der Waals surface area contributed by atoms with Crippen LogP contribution in [0.25, 0.3) is 0 Å². The molecular weight excluding hydrogens is 277 g/mol. The Morgan fingerprint density at radius 1 is 1.38 bits per heavy atom. The third-order valence-corrected chi connectivity index (χ3v) is 2.97. The van der Waals surface area contributed by atoms with Gasteiger partial charge in [0.2, 0.25) is 0 Å². The quantitative estimate of drug-likeness (QED) is 0.830. The van der Waals surface area contributed by atoms with E-state index >= 15 is 0 Å². The number of carbonyl (C=O) groups excluding carboxylic acids is 1. The lowest BCUT2D eigenvalue weighted by molar-refractivity contribution is 0.0950. The van der Waals surface area contributed by atoms with Gasteiger partial charge in [0, 0.05) is 9.61 Å². The van der Waals surface area contributed by atoms with Crippen LogP contribution in [0.4, 0.5) is 0 Å². The van der Waals surface area contributed by atoms with Gasteiger partial charge in [-0.1, -0.05) is 12.1 Å². The second kappa shape index (κ2) is 3.65. The highest BCUT2D eigenvalue weighted by Crippen LogP contribution is 2.20. The van der Waals surface area contributed by atoms with E-state index in [-0.39, 0.29) is 5.91 Å². The molecule has 0 unspecified atom stereocenters. The molecule has 0 saturated heterocycles. The van der Waals surface area contributed by atoms with Crippen molar-refractivity contribution in [2.45, 2.75) is 18.9 Å². The fourth-order valence-electron chi connectivity index (χ4n) is 1.14. The first-order valence-electron chi connectivity index (χ1n) is 4.33. The third kappa shape index (κ3) is 2.21. The molecule has 0 aliphatic heterocycles. The van der Waals surface area contributed by atoms with Crippen molar-refractivity contribution in [3.63, 3.8) is 0 Å². The molecule has 0 spiro atoms. The average Bonchev–Trinajstić information content (AvgIpc) is 2.89. The zero-order chi connectivity index (χ0) is 9.26. The fraction of sp³-hybridized carbons (Fsp3) is 0.300. The van der Waals surface area contributed by atoms with Crippen molar-refractivity contribution in [1.82, 2.24) is 5.32 Å². The number of hydrogen-bond donors (Lipinski definition) is 1. The highest BCUT2D eigenvalue weighted by Gasteiger charge is 2.24. The highest BCUT2D eigenvalue weighted by molar-refractivity contribution is 14.1. The molecule has 68 valence electrons. The molecule has 3 heteroatoms. The summed E-state index contributed by atoms with van der Waals surface area (Å²) in [6.07, 6.45) is 2.27. The summed E-state index contributed by atoms with van der Waals surface area (Å²) >= 11 is 2.18. The maximum atomic E-state index is 11.6. The number of amides is 1. The van der Waals surface area contributed by atoms with E-state index in [1.807, 2.05) is 24.3 Å². The molecule has 2 rings (SSSR count). The first-order chi connectivity index (χ1) is 6.27. The summed E-state index contributed by atoms with van der Waals surface area (Å²) in [6, 6.07) is 8.07. The lowest BCUT2D eigenvalue weighted by Crippen LogP contribution is -2.25. The van der Waals surface area contributed by atoms with Crippen molar-refractivity contribution in [3.05, 3.63) is 33.4 Å². The first-order valence-corrected chi connectivity index (χ1v) is 5.40. The van der Waals surface area contributed by atoms with Crippen molar-refractivity contribution in [2.24, 2.45) is 0 Å². The number of hydrogen-bond acceptors (Lipinski definition) is 1. The second-order valence-corrected chi connectivity index (χ2v) is 4.39. The topological polar surface area (TPSA) is 29.1 Å². The summed E-state index contributed by atoms with van der Waals surface area (Å²) in [7, 11) is 0. The van der Waals surface area contributed by atoms with E-state index in [2.05, 4.69) is 27.9 Å². The van der Waals surface area contributed by atoms with Crippen molar-refractivity contribution in [2.75, 3.05) is 0 Å². The van der Waals surface area contributed by atoms with Gasteiger partial charge in [-0.2, -0.15) is 0 Å². The molecule has 13 heavy (non-hydrogen) atoms. The Morgan fingerprint density at radius 2 is 2.08 bits per heavy atom. The van der Waals surface area contributed by atoms with E-state index in [0.29, 0.717) is 6.04 Å². The van der Waals surface area contributed by atoms with Crippen molar-refractivity contribution in [3.8, 4) is 0 Å². The molecule has 1 aromatic rings. The maximum Gasteiger partial charge on any atom is 0.252 e. The third-order valence-electron chi connectivity index (χ3n) is 2.03.